The fourth-order valence-corrected chi connectivity index (χ4v) is 4.74. The van der Waals surface area contributed by atoms with E-state index in [9.17, 15) is 15.5 Å². The van der Waals surface area contributed by atoms with Crippen molar-refractivity contribution in [3.63, 3.8) is 0 Å². The predicted octanol–water partition coefficient (Wildman–Crippen LogP) is 4.91. The Kier molecular flexibility index (Phi) is 6.52. The summed E-state index contributed by atoms with van der Waals surface area (Å²) < 4.78 is 0. The van der Waals surface area contributed by atoms with Gasteiger partial charge < -0.3 is 20.4 Å². The average molecular weight is 451 g/mol. The van der Waals surface area contributed by atoms with E-state index in [1.165, 1.54) is 0 Å². The summed E-state index contributed by atoms with van der Waals surface area (Å²) in [6.45, 7) is -0.310. The maximum Gasteiger partial charge on any atom is 0.139 e. The van der Waals surface area contributed by atoms with Gasteiger partial charge in [0.05, 0.1) is 28.4 Å². The number of aromatic nitrogens is 1. The highest BCUT2D eigenvalue weighted by Crippen LogP contribution is 2.36. The maximum atomic E-state index is 10.0. The van der Waals surface area contributed by atoms with Crippen LogP contribution in [0.5, 0.6) is 5.75 Å². The van der Waals surface area contributed by atoms with Gasteiger partial charge >= 0.3 is 0 Å². The zero-order valence-electron chi connectivity index (χ0n) is 18.3. The summed E-state index contributed by atoms with van der Waals surface area (Å²) in [7, 11) is 4.25. The van der Waals surface area contributed by atoms with Crippen LogP contribution in [-0.4, -0.2) is 46.3 Å². The number of pyridine rings is 1. The monoisotopic (exact) mass is 450 g/mol. The molecule has 1 aliphatic rings. The summed E-state index contributed by atoms with van der Waals surface area (Å²) in [6.07, 6.45) is 5.96. The van der Waals surface area contributed by atoms with Crippen LogP contribution >= 0.6 is 11.6 Å². The number of nitrogens with one attached hydrogen (secondary N) is 1. The molecular weight excluding hydrogens is 424 g/mol. The van der Waals surface area contributed by atoms with Gasteiger partial charge in [0.25, 0.3) is 0 Å². The first-order valence-electron chi connectivity index (χ1n) is 10.8. The number of aliphatic hydroxyl groups is 1. The zero-order valence-corrected chi connectivity index (χ0v) is 19.0. The number of phenols is 1. The predicted molar refractivity (Wildman–Crippen MR) is 128 cm³/mol. The van der Waals surface area contributed by atoms with E-state index < -0.39 is 0 Å². The summed E-state index contributed by atoms with van der Waals surface area (Å²) in [5, 5.41) is 34.0. The molecule has 3 N–H and O–H groups in total. The molecule has 3 aromatic rings. The van der Waals surface area contributed by atoms with Crippen molar-refractivity contribution in [2.24, 2.45) is 0 Å². The van der Waals surface area contributed by atoms with Crippen molar-refractivity contribution in [2.75, 3.05) is 19.4 Å². The van der Waals surface area contributed by atoms with Crippen molar-refractivity contribution in [3.8, 4) is 22.9 Å². The molecule has 0 saturated heterocycles. The number of nitriles is 1. The second-order valence-electron chi connectivity index (χ2n) is 8.63. The highest BCUT2D eigenvalue weighted by molar-refractivity contribution is 6.32. The van der Waals surface area contributed by atoms with Crippen LogP contribution in [0.1, 0.15) is 36.8 Å². The minimum atomic E-state index is -0.310. The summed E-state index contributed by atoms with van der Waals surface area (Å²) >= 11 is 6.18. The molecule has 0 atom stereocenters. The quantitative estimate of drug-likeness (QED) is 0.511. The van der Waals surface area contributed by atoms with E-state index in [4.69, 9.17) is 11.6 Å². The van der Waals surface area contributed by atoms with E-state index in [2.05, 4.69) is 35.4 Å². The molecule has 1 aliphatic carbocycles. The SMILES string of the molecule is CN(C)C1CCC(Nc2c(C#N)cnc3ccc(-c4cc(Cl)c(O)c(CO)c4)cc23)CC1. The first-order chi connectivity index (χ1) is 15.4. The number of hydrogen-bond donors (Lipinski definition) is 3. The first-order valence-corrected chi connectivity index (χ1v) is 11.2. The van der Waals surface area contributed by atoms with Gasteiger partial charge in [-0.05, 0) is 75.2 Å². The lowest BCUT2D eigenvalue weighted by Gasteiger charge is -2.33. The molecule has 0 bridgehead atoms. The Morgan fingerprint density at radius 1 is 1.16 bits per heavy atom. The van der Waals surface area contributed by atoms with Gasteiger partial charge in [-0.3, -0.25) is 4.98 Å². The van der Waals surface area contributed by atoms with Crippen molar-refractivity contribution >= 4 is 28.2 Å². The molecule has 1 aromatic heterocycles. The van der Waals surface area contributed by atoms with Crippen LogP contribution in [0.3, 0.4) is 0 Å². The Morgan fingerprint density at radius 3 is 2.56 bits per heavy atom. The van der Waals surface area contributed by atoms with Crippen LogP contribution in [0.15, 0.2) is 36.5 Å². The Hall–Kier alpha value is -2.85. The number of anilines is 1. The number of hydrogen-bond acceptors (Lipinski definition) is 6. The Morgan fingerprint density at radius 2 is 1.91 bits per heavy atom. The second kappa shape index (κ2) is 9.33. The second-order valence-corrected chi connectivity index (χ2v) is 9.04. The summed E-state index contributed by atoms with van der Waals surface area (Å²) in [5.74, 6) is -0.108. The normalized spacial score (nSPS) is 18.6. The van der Waals surface area contributed by atoms with Gasteiger partial charge in [-0.2, -0.15) is 5.26 Å². The van der Waals surface area contributed by atoms with Gasteiger partial charge in [0, 0.05) is 29.2 Å². The summed E-state index contributed by atoms with van der Waals surface area (Å²) in [5.41, 5.74) is 4.13. The van der Waals surface area contributed by atoms with Gasteiger partial charge in [0.15, 0.2) is 0 Å². The van der Waals surface area contributed by atoms with E-state index in [1.807, 2.05) is 18.2 Å². The minimum absolute atomic E-state index is 0.108. The number of fused-ring (bicyclic) bond motifs is 1. The number of rotatable bonds is 5. The lowest BCUT2D eigenvalue weighted by atomic mass is 9.90. The van der Waals surface area contributed by atoms with Gasteiger partial charge in [-0.15, -0.1) is 0 Å². The zero-order chi connectivity index (χ0) is 22.8. The molecule has 1 saturated carbocycles. The van der Waals surface area contributed by atoms with E-state index in [1.54, 1.807) is 18.3 Å². The maximum absolute atomic E-state index is 10.0. The number of benzene rings is 2. The van der Waals surface area contributed by atoms with Crippen molar-refractivity contribution < 1.29 is 10.2 Å². The molecule has 0 radical (unpaired) electrons. The largest absolute Gasteiger partial charge is 0.506 e. The van der Waals surface area contributed by atoms with Gasteiger partial charge in [0.1, 0.15) is 11.8 Å². The summed E-state index contributed by atoms with van der Waals surface area (Å²) in [6, 6.07) is 12.4. The highest BCUT2D eigenvalue weighted by Gasteiger charge is 2.24. The van der Waals surface area contributed by atoms with Crippen LogP contribution in [-0.2, 0) is 6.61 Å². The lowest BCUT2D eigenvalue weighted by molar-refractivity contribution is 0.221. The van der Waals surface area contributed by atoms with Crippen LogP contribution in [0.2, 0.25) is 5.02 Å². The third-order valence-corrected chi connectivity index (χ3v) is 6.70. The fourth-order valence-electron chi connectivity index (χ4n) is 4.50. The number of aliphatic hydroxyl groups excluding tert-OH is 1. The van der Waals surface area contributed by atoms with Crippen LogP contribution < -0.4 is 5.32 Å². The standard InChI is InChI=1S/C25H27ClN4O2/c1-30(2)20-6-4-19(5-7-20)29-24-18(12-27)13-28-23-8-3-15(10-21(23)24)16-9-17(14-31)25(32)22(26)11-16/h3,8-11,13,19-20,31-32H,4-7,14H2,1-2H3,(H,28,29). The van der Waals surface area contributed by atoms with Gasteiger partial charge in [0.2, 0.25) is 0 Å². The molecule has 2 aromatic carbocycles. The van der Waals surface area contributed by atoms with Gasteiger partial charge in [-0.25, -0.2) is 0 Å². The van der Waals surface area contributed by atoms with Crippen molar-refractivity contribution in [1.82, 2.24) is 9.88 Å². The number of aromatic hydroxyl groups is 1. The lowest BCUT2D eigenvalue weighted by Crippen LogP contribution is -2.36. The smallest absolute Gasteiger partial charge is 0.139 e. The number of nitrogens with zero attached hydrogens (tertiary/aromatic N) is 3. The van der Waals surface area contributed by atoms with E-state index in [0.717, 1.165) is 53.4 Å². The number of halogens is 1. The molecule has 0 aliphatic heterocycles. The molecule has 32 heavy (non-hydrogen) atoms. The van der Waals surface area contributed by atoms with Crippen molar-refractivity contribution in [1.29, 1.82) is 5.26 Å². The Balaban J connectivity index is 1.73. The van der Waals surface area contributed by atoms with Crippen LogP contribution in [0.25, 0.3) is 22.0 Å². The molecule has 0 spiro atoms. The molecule has 166 valence electrons. The van der Waals surface area contributed by atoms with E-state index in [-0.39, 0.29) is 17.4 Å². The van der Waals surface area contributed by atoms with E-state index in [0.29, 0.717) is 23.2 Å². The average Bonchev–Trinajstić information content (AvgIpc) is 2.81. The third kappa shape index (κ3) is 4.37. The Labute approximate surface area is 193 Å². The van der Waals surface area contributed by atoms with Crippen LogP contribution in [0.4, 0.5) is 5.69 Å². The first kappa shape index (κ1) is 22.3. The van der Waals surface area contributed by atoms with Gasteiger partial charge in [-0.1, -0.05) is 17.7 Å². The summed E-state index contributed by atoms with van der Waals surface area (Å²) in [4.78, 5) is 6.75. The van der Waals surface area contributed by atoms with Crippen molar-refractivity contribution in [2.45, 2.75) is 44.4 Å². The third-order valence-electron chi connectivity index (χ3n) is 6.41. The molecule has 0 unspecified atom stereocenters. The molecule has 0 amide bonds. The molecule has 4 rings (SSSR count). The molecule has 1 fully saturated rings. The Bertz CT molecular complexity index is 1180. The molecule has 6 nitrogen and oxygen atoms in total. The van der Waals surface area contributed by atoms with Crippen LogP contribution in [0, 0.1) is 11.3 Å². The minimum Gasteiger partial charge on any atom is -0.506 e. The molecule has 7 heteroatoms. The van der Waals surface area contributed by atoms with E-state index >= 15 is 0 Å². The molecule has 1 heterocycles. The van der Waals surface area contributed by atoms with Crippen molar-refractivity contribution in [3.05, 3.63) is 52.7 Å². The fraction of sp³-hybridized carbons (Fsp3) is 0.360. The highest BCUT2D eigenvalue weighted by atomic mass is 35.5. The molecular formula is C25H27ClN4O2. The topological polar surface area (TPSA) is 92.4 Å².